The molecule has 1 amide bonds. The summed E-state index contributed by atoms with van der Waals surface area (Å²) in [6.07, 6.45) is 0.554. The van der Waals surface area contributed by atoms with Crippen LogP contribution in [0.15, 0.2) is 36.4 Å². The molecule has 2 atom stereocenters. The minimum atomic E-state index is -0.382. The Labute approximate surface area is 153 Å². The van der Waals surface area contributed by atoms with Gasteiger partial charge in [-0.1, -0.05) is 6.07 Å². The maximum atomic E-state index is 12.5. The van der Waals surface area contributed by atoms with Gasteiger partial charge in [0.15, 0.2) is 0 Å². The lowest BCUT2D eigenvalue weighted by molar-refractivity contribution is -0.117. The van der Waals surface area contributed by atoms with Crippen molar-refractivity contribution in [3.63, 3.8) is 0 Å². The number of hydrazine groups is 1. The van der Waals surface area contributed by atoms with Crippen LogP contribution in [-0.4, -0.2) is 23.7 Å². The predicted octanol–water partition coefficient (Wildman–Crippen LogP) is 2.95. The maximum absolute atomic E-state index is 12.5. The van der Waals surface area contributed by atoms with Gasteiger partial charge in [-0.25, -0.2) is 10.9 Å². The number of hydrogen-bond donors (Lipinski definition) is 4. The van der Waals surface area contributed by atoms with Crippen molar-refractivity contribution >= 4 is 11.6 Å². The highest BCUT2D eigenvalue weighted by Gasteiger charge is 2.31. The molecule has 1 saturated heterocycles. The average Bonchev–Trinajstić information content (AvgIpc) is 3.10. The highest BCUT2D eigenvalue weighted by Crippen LogP contribution is 2.32. The highest BCUT2D eigenvalue weighted by atomic mass is 16.5. The van der Waals surface area contributed by atoms with Crippen LogP contribution in [0.25, 0.3) is 0 Å². The number of carbonyl (C=O) groups is 1. The third-order valence-electron chi connectivity index (χ3n) is 4.67. The largest absolute Gasteiger partial charge is 0.508 e. The van der Waals surface area contributed by atoms with Crippen molar-refractivity contribution in [3.8, 4) is 11.5 Å². The van der Waals surface area contributed by atoms with E-state index in [1.165, 1.54) is 0 Å². The number of carbonyl (C=O) groups excluding carboxylic acids is 1. The lowest BCUT2D eigenvalue weighted by Gasteiger charge is -2.14. The summed E-state index contributed by atoms with van der Waals surface area (Å²) >= 11 is 0. The van der Waals surface area contributed by atoms with E-state index in [1.807, 2.05) is 51.1 Å². The Bertz CT molecular complexity index is 790. The van der Waals surface area contributed by atoms with E-state index in [2.05, 4.69) is 16.2 Å². The third-order valence-corrected chi connectivity index (χ3v) is 4.67. The first-order valence-electron chi connectivity index (χ1n) is 8.82. The van der Waals surface area contributed by atoms with E-state index in [1.54, 1.807) is 6.07 Å². The number of anilines is 1. The van der Waals surface area contributed by atoms with Gasteiger partial charge in [-0.2, -0.15) is 0 Å². The van der Waals surface area contributed by atoms with Crippen LogP contribution in [0.3, 0.4) is 0 Å². The molecule has 2 aromatic carbocycles. The topological polar surface area (TPSA) is 82.6 Å². The first kappa shape index (κ1) is 18.2. The molecule has 6 nitrogen and oxygen atoms in total. The summed E-state index contributed by atoms with van der Waals surface area (Å²) in [5, 5.41) is 13.1. The quantitative estimate of drug-likeness (QED) is 0.663. The second kappa shape index (κ2) is 7.76. The molecular formula is C20H25N3O3. The van der Waals surface area contributed by atoms with Gasteiger partial charge in [-0.05, 0) is 68.7 Å². The molecule has 0 spiro atoms. The molecule has 26 heavy (non-hydrogen) atoms. The fourth-order valence-corrected chi connectivity index (χ4v) is 3.06. The fraction of sp³-hybridized carbons (Fsp3) is 0.350. The van der Waals surface area contributed by atoms with Gasteiger partial charge in [0.2, 0.25) is 5.91 Å². The van der Waals surface area contributed by atoms with Gasteiger partial charge in [0.25, 0.3) is 0 Å². The van der Waals surface area contributed by atoms with Crippen LogP contribution < -0.4 is 20.9 Å². The van der Waals surface area contributed by atoms with E-state index in [4.69, 9.17) is 4.74 Å². The summed E-state index contributed by atoms with van der Waals surface area (Å²) in [5.41, 5.74) is 9.81. The van der Waals surface area contributed by atoms with E-state index in [-0.39, 0.29) is 23.7 Å². The molecule has 0 saturated carbocycles. The molecule has 2 unspecified atom stereocenters. The number of amides is 1. The van der Waals surface area contributed by atoms with E-state index in [9.17, 15) is 9.90 Å². The molecule has 6 heteroatoms. The fourth-order valence-electron chi connectivity index (χ4n) is 3.06. The Balaban J connectivity index is 1.63. The van der Waals surface area contributed by atoms with Crippen LogP contribution in [0.5, 0.6) is 11.5 Å². The van der Waals surface area contributed by atoms with Gasteiger partial charge in [0.05, 0.1) is 12.6 Å². The van der Waals surface area contributed by atoms with Crippen molar-refractivity contribution in [1.29, 1.82) is 0 Å². The van der Waals surface area contributed by atoms with Gasteiger partial charge in [-0.15, -0.1) is 0 Å². The minimum Gasteiger partial charge on any atom is -0.508 e. The van der Waals surface area contributed by atoms with Crippen LogP contribution >= 0.6 is 0 Å². The van der Waals surface area contributed by atoms with Crippen LogP contribution in [0.1, 0.15) is 36.1 Å². The first-order valence-corrected chi connectivity index (χ1v) is 8.82. The predicted molar refractivity (Wildman–Crippen MR) is 101 cm³/mol. The molecule has 1 aliphatic rings. The molecule has 0 radical (unpaired) electrons. The van der Waals surface area contributed by atoms with E-state index in [0.717, 1.165) is 28.1 Å². The second-order valence-corrected chi connectivity index (χ2v) is 6.57. The van der Waals surface area contributed by atoms with Crippen molar-refractivity contribution in [1.82, 2.24) is 10.9 Å². The molecule has 1 heterocycles. The molecule has 138 valence electrons. The molecule has 0 aromatic heterocycles. The number of rotatable bonds is 5. The molecule has 0 bridgehead atoms. The third kappa shape index (κ3) is 3.98. The first-order chi connectivity index (χ1) is 12.5. The lowest BCUT2D eigenvalue weighted by Crippen LogP contribution is -2.39. The van der Waals surface area contributed by atoms with Crippen molar-refractivity contribution in [3.05, 3.63) is 53.1 Å². The standard InChI is InChI=1S/C20H25N3O3/c1-4-26-15-7-5-14(6-8-15)21-20(25)18-11-17(22-23-18)16-9-12(2)13(3)10-19(16)24/h5-10,17-18,22-24H,4,11H2,1-3H3,(H,21,25). The molecule has 3 rings (SSSR count). The van der Waals surface area contributed by atoms with E-state index in [0.29, 0.717) is 13.0 Å². The number of phenolic OH excluding ortho intramolecular Hbond substituents is 1. The number of aryl methyl sites for hydroxylation is 2. The second-order valence-electron chi connectivity index (χ2n) is 6.57. The summed E-state index contributed by atoms with van der Waals surface area (Å²) in [7, 11) is 0. The SMILES string of the molecule is CCOc1ccc(NC(=O)C2CC(c3cc(C)c(C)cc3O)NN2)cc1. The zero-order valence-corrected chi connectivity index (χ0v) is 15.3. The average molecular weight is 355 g/mol. The molecule has 1 fully saturated rings. The summed E-state index contributed by atoms with van der Waals surface area (Å²) in [4.78, 5) is 12.5. The van der Waals surface area contributed by atoms with Crippen LogP contribution in [-0.2, 0) is 4.79 Å². The summed E-state index contributed by atoms with van der Waals surface area (Å²) in [6, 6.07) is 10.5. The normalized spacial score (nSPS) is 19.3. The van der Waals surface area contributed by atoms with Crippen LogP contribution in [0, 0.1) is 13.8 Å². The maximum Gasteiger partial charge on any atom is 0.242 e. The number of benzene rings is 2. The molecule has 1 aliphatic heterocycles. The lowest BCUT2D eigenvalue weighted by atomic mass is 9.97. The molecule has 4 N–H and O–H groups in total. The van der Waals surface area contributed by atoms with Crippen LogP contribution in [0.4, 0.5) is 5.69 Å². The number of nitrogens with one attached hydrogen (secondary N) is 3. The summed E-state index contributed by atoms with van der Waals surface area (Å²) in [6.45, 7) is 6.51. The van der Waals surface area contributed by atoms with Crippen molar-refractivity contribution in [2.45, 2.75) is 39.3 Å². The summed E-state index contributed by atoms with van der Waals surface area (Å²) < 4.78 is 5.40. The van der Waals surface area contributed by atoms with Gasteiger partial charge in [0, 0.05) is 11.3 Å². The van der Waals surface area contributed by atoms with Crippen molar-refractivity contribution < 1.29 is 14.6 Å². The minimum absolute atomic E-state index is 0.118. The van der Waals surface area contributed by atoms with E-state index < -0.39 is 0 Å². The van der Waals surface area contributed by atoms with Crippen molar-refractivity contribution in [2.24, 2.45) is 0 Å². The monoisotopic (exact) mass is 355 g/mol. The van der Waals surface area contributed by atoms with Crippen molar-refractivity contribution in [2.75, 3.05) is 11.9 Å². The zero-order chi connectivity index (χ0) is 18.7. The molecule has 0 aliphatic carbocycles. The highest BCUT2D eigenvalue weighted by molar-refractivity contribution is 5.95. The number of phenols is 1. The molecular weight excluding hydrogens is 330 g/mol. The van der Waals surface area contributed by atoms with Gasteiger partial charge >= 0.3 is 0 Å². The number of ether oxygens (including phenoxy) is 1. The van der Waals surface area contributed by atoms with Gasteiger partial charge in [-0.3, -0.25) is 4.79 Å². The number of hydrogen-bond acceptors (Lipinski definition) is 5. The Morgan fingerprint density at radius 3 is 2.58 bits per heavy atom. The Morgan fingerprint density at radius 1 is 1.19 bits per heavy atom. The van der Waals surface area contributed by atoms with E-state index >= 15 is 0 Å². The van der Waals surface area contributed by atoms with Crippen LogP contribution in [0.2, 0.25) is 0 Å². The Morgan fingerprint density at radius 2 is 1.88 bits per heavy atom. The smallest absolute Gasteiger partial charge is 0.242 e. The van der Waals surface area contributed by atoms with Gasteiger partial charge in [0.1, 0.15) is 17.5 Å². The zero-order valence-electron chi connectivity index (χ0n) is 15.3. The Hall–Kier alpha value is -2.57. The Kier molecular flexibility index (Phi) is 5.44. The number of aromatic hydroxyl groups is 1. The molecule has 2 aromatic rings. The van der Waals surface area contributed by atoms with Gasteiger partial charge < -0.3 is 15.2 Å². The summed E-state index contributed by atoms with van der Waals surface area (Å²) in [5.74, 6) is 0.906.